The van der Waals surface area contributed by atoms with Crippen LogP contribution in [0.2, 0.25) is 0 Å². The Labute approximate surface area is 211 Å². The Morgan fingerprint density at radius 1 is 0.771 bits per heavy atom. The van der Waals surface area contributed by atoms with Crippen LogP contribution in [0.25, 0.3) is 10.8 Å². The molecule has 0 aliphatic rings. The maximum atomic E-state index is 13.8. The number of benzene rings is 4. The summed E-state index contributed by atoms with van der Waals surface area (Å²) in [5.41, 5.74) is 4.55. The molecule has 0 radical (unpaired) electrons. The Balaban J connectivity index is 1.45. The van der Waals surface area contributed by atoms with Crippen LogP contribution in [0, 0.1) is 6.92 Å². The van der Waals surface area contributed by atoms with E-state index >= 15 is 0 Å². The number of aryl methyl sites for hydroxylation is 1. The fourth-order valence-electron chi connectivity index (χ4n) is 4.68. The van der Waals surface area contributed by atoms with E-state index in [0.29, 0.717) is 13.1 Å². The van der Waals surface area contributed by atoms with Crippen molar-refractivity contribution in [2.45, 2.75) is 25.8 Å². The Morgan fingerprint density at radius 3 is 2.03 bits per heavy atom. The van der Waals surface area contributed by atoms with Crippen LogP contribution < -0.4 is 0 Å². The van der Waals surface area contributed by atoms with Crippen LogP contribution in [-0.4, -0.2) is 17.4 Å². The SMILES string of the molecule is Cc1ccsc1CN(CCC(c1ccccc1)c1ccccc1)C(=O)c1ccc2ccccc2c1. The Kier molecular flexibility index (Phi) is 7.06. The van der Waals surface area contributed by atoms with Crippen LogP contribution in [0.15, 0.2) is 115 Å². The topological polar surface area (TPSA) is 20.3 Å². The molecule has 0 N–H and O–H groups in total. The van der Waals surface area contributed by atoms with E-state index < -0.39 is 0 Å². The molecule has 5 rings (SSSR count). The molecule has 5 aromatic rings. The molecule has 2 nitrogen and oxygen atoms in total. The lowest BCUT2D eigenvalue weighted by molar-refractivity contribution is 0.0741. The van der Waals surface area contributed by atoms with Gasteiger partial charge in [-0.25, -0.2) is 0 Å². The van der Waals surface area contributed by atoms with E-state index in [0.717, 1.165) is 22.8 Å². The number of nitrogens with zero attached hydrogens (tertiary/aromatic N) is 1. The van der Waals surface area contributed by atoms with E-state index in [1.165, 1.54) is 21.6 Å². The van der Waals surface area contributed by atoms with Crippen molar-refractivity contribution >= 4 is 28.0 Å². The van der Waals surface area contributed by atoms with Crippen molar-refractivity contribution in [2.75, 3.05) is 6.54 Å². The lowest BCUT2D eigenvalue weighted by atomic mass is 9.88. The van der Waals surface area contributed by atoms with Crippen molar-refractivity contribution in [3.63, 3.8) is 0 Å². The first kappa shape index (κ1) is 23.1. The largest absolute Gasteiger partial charge is 0.333 e. The number of fused-ring (bicyclic) bond motifs is 1. The third-order valence-electron chi connectivity index (χ3n) is 6.68. The van der Waals surface area contributed by atoms with Crippen LogP contribution in [0.1, 0.15) is 44.3 Å². The molecule has 1 amide bonds. The molecule has 1 aromatic heterocycles. The fourth-order valence-corrected chi connectivity index (χ4v) is 5.60. The van der Waals surface area contributed by atoms with Gasteiger partial charge in [0.05, 0.1) is 6.54 Å². The van der Waals surface area contributed by atoms with Gasteiger partial charge >= 0.3 is 0 Å². The predicted molar refractivity (Wildman–Crippen MR) is 147 cm³/mol. The van der Waals surface area contributed by atoms with Crippen LogP contribution in [0.5, 0.6) is 0 Å². The molecule has 0 atom stereocenters. The minimum atomic E-state index is 0.0865. The Hall–Kier alpha value is -3.69. The highest BCUT2D eigenvalue weighted by Crippen LogP contribution is 2.29. The van der Waals surface area contributed by atoms with Gasteiger partial charge in [0.2, 0.25) is 0 Å². The number of carbonyl (C=O) groups is 1. The second-order valence-corrected chi connectivity index (χ2v) is 9.98. The number of carbonyl (C=O) groups excluding carboxylic acids is 1. The Bertz CT molecular complexity index is 1370. The molecule has 0 fully saturated rings. The molecule has 1 heterocycles. The third-order valence-corrected chi connectivity index (χ3v) is 7.69. The quantitative estimate of drug-likeness (QED) is 0.222. The number of hydrogen-bond donors (Lipinski definition) is 0. The van der Waals surface area contributed by atoms with Gasteiger partial charge < -0.3 is 4.90 Å². The summed E-state index contributed by atoms with van der Waals surface area (Å²) in [6.45, 7) is 3.43. The summed E-state index contributed by atoms with van der Waals surface area (Å²) in [6, 6.07) is 37.6. The molecule has 4 aromatic carbocycles. The first-order valence-electron chi connectivity index (χ1n) is 12.1. The summed E-state index contributed by atoms with van der Waals surface area (Å²) in [5, 5.41) is 4.36. The zero-order valence-electron chi connectivity index (χ0n) is 19.9. The van der Waals surface area contributed by atoms with Crippen molar-refractivity contribution in [2.24, 2.45) is 0 Å². The van der Waals surface area contributed by atoms with Crippen molar-refractivity contribution in [1.29, 1.82) is 0 Å². The molecule has 174 valence electrons. The first-order chi connectivity index (χ1) is 17.2. The second-order valence-electron chi connectivity index (χ2n) is 8.98. The highest BCUT2D eigenvalue weighted by atomic mass is 32.1. The zero-order chi connectivity index (χ0) is 24.0. The van der Waals surface area contributed by atoms with Gasteiger partial charge in [-0.2, -0.15) is 0 Å². The molecule has 0 spiro atoms. The van der Waals surface area contributed by atoms with E-state index in [1.807, 2.05) is 35.2 Å². The van der Waals surface area contributed by atoms with Crippen LogP contribution >= 0.6 is 11.3 Å². The van der Waals surface area contributed by atoms with Gasteiger partial charge in [-0.05, 0) is 64.4 Å². The number of amides is 1. The minimum Gasteiger partial charge on any atom is -0.333 e. The summed E-state index contributed by atoms with van der Waals surface area (Å²) in [5.74, 6) is 0.317. The minimum absolute atomic E-state index is 0.0865. The summed E-state index contributed by atoms with van der Waals surface area (Å²) >= 11 is 1.73. The van der Waals surface area contributed by atoms with Crippen LogP contribution in [-0.2, 0) is 6.54 Å². The highest BCUT2D eigenvalue weighted by molar-refractivity contribution is 7.10. The van der Waals surface area contributed by atoms with Gasteiger partial charge in [0, 0.05) is 22.9 Å². The number of thiophene rings is 1. The highest BCUT2D eigenvalue weighted by Gasteiger charge is 2.21. The van der Waals surface area contributed by atoms with E-state index in [2.05, 4.69) is 91.2 Å². The first-order valence-corrected chi connectivity index (χ1v) is 13.0. The van der Waals surface area contributed by atoms with Gasteiger partial charge in [-0.15, -0.1) is 11.3 Å². The average molecular weight is 476 g/mol. The van der Waals surface area contributed by atoms with E-state index in [9.17, 15) is 4.79 Å². The zero-order valence-corrected chi connectivity index (χ0v) is 20.7. The standard InChI is InChI=1S/C32H29NOS/c1-24-19-21-35-31(24)23-33(32(34)29-17-16-25-10-8-9-15-28(25)22-29)20-18-30(26-11-4-2-5-12-26)27-13-6-3-7-14-27/h2-17,19,21-22,30H,18,20,23H2,1H3. The normalized spacial score (nSPS) is 11.1. The maximum absolute atomic E-state index is 13.8. The summed E-state index contributed by atoms with van der Waals surface area (Å²) in [4.78, 5) is 17.1. The van der Waals surface area contributed by atoms with Crippen molar-refractivity contribution in [3.05, 3.63) is 142 Å². The maximum Gasteiger partial charge on any atom is 0.254 e. The Morgan fingerprint density at radius 2 is 1.40 bits per heavy atom. The fraction of sp³-hybridized carbons (Fsp3) is 0.156. The number of hydrogen-bond acceptors (Lipinski definition) is 2. The molecular formula is C32H29NOS. The smallest absolute Gasteiger partial charge is 0.254 e. The summed E-state index contributed by atoms with van der Waals surface area (Å²) < 4.78 is 0. The van der Waals surface area contributed by atoms with Gasteiger partial charge in [0.25, 0.3) is 5.91 Å². The molecule has 0 saturated heterocycles. The lowest BCUT2D eigenvalue weighted by Gasteiger charge is -2.26. The molecule has 0 aliphatic heterocycles. The molecular weight excluding hydrogens is 446 g/mol. The molecule has 0 aliphatic carbocycles. The summed E-state index contributed by atoms with van der Waals surface area (Å²) in [7, 11) is 0. The van der Waals surface area contributed by atoms with Crippen LogP contribution in [0.4, 0.5) is 0 Å². The average Bonchev–Trinajstić information content (AvgIpc) is 3.32. The predicted octanol–water partition coefficient (Wildman–Crippen LogP) is 8.07. The summed E-state index contributed by atoms with van der Waals surface area (Å²) in [6.07, 6.45) is 0.859. The number of rotatable bonds is 8. The molecule has 3 heteroatoms. The van der Waals surface area contributed by atoms with E-state index in [1.54, 1.807) is 11.3 Å². The lowest BCUT2D eigenvalue weighted by Crippen LogP contribution is -2.32. The van der Waals surface area contributed by atoms with E-state index in [-0.39, 0.29) is 11.8 Å². The van der Waals surface area contributed by atoms with E-state index in [4.69, 9.17) is 0 Å². The van der Waals surface area contributed by atoms with Crippen molar-refractivity contribution in [1.82, 2.24) is 4.90 Å². The van der Waals surface area contributed by atoms with Crippen LogP contribution in [0.3, 0.4) is 0 Å². The van der Waals surface area contributed by atoms with Gasteiger partial charge in [-0.1, -0.05) is 91.0 Å². The van der Waals surface area contributed by atoms with Gasteiger partial charge in [-0.3, -0.25) is 4.79 Å². The second kappa shape index (κ2) is 10.7. The molecule has 0 unspecified atom stereocenters. The molecule has 0 saturated carbocycles. The molecule has 35 heavy (non-hydrogen) atoms. The molecule has 0 bridgehead atoms. The van der Waals surface area contributed by atoms with Crippen molar-refractivity contribution in [3.8, 4) is 0 Å². The van der Waals surface area contributed by atoms with Gasteiger partial charge in [0.15, 0.2) is 0 Å². The van der Waals surface area contributed by atoms with Gasteiger partial charge in [0.1, 0.15) is 0 Å². The third kappa shape index (κ3) is 5.36. The van der Waals surface area contributed by atoms with Crippen molar-refractivity contribution < 1.29 is 4.79 Å². The monoisotopic (exact) mass is 475 g/mol.